The molecule has 1 aromatic rings. The Morgan fingerprint density at radius 3 is 2.16 bits per heavy atom. The van der Waals surface area contributed by atoms with E-state index < -0.39 is 9.71 Å². The van der Waals surface area contributed by atoms with E-state index in [1.807, 2.05) is 16.4 Å². The van der Waals surface area contributed by atoms with Gasteiger partial charge in [-0.25, -0.2) is 8.51 Å². The van der Waals surface area contributed by atoms with Crippen molar-refractivity contribution in [1.82, 2.24) is 4.31 Å². The van der Waals surface area contributed by atoms with Crippen molar-refractivity contribution >= 4 is 15.6 Å². The third kappa shape index (κ3) is 3.19. The lowest BCUT2D eigenvalue weighted by Crippen LogP contribution is -2.40. The van der Waals surface area contributed by atoms with Crippen LogP contribution in [0.5, 0.6) is 0 Å². The monoisotopic (exact) mass is 281 g/mol. The maximum absolute atomic E-state index is 12.9. The number of benzene rings is 1. The van der Waals surface area contributed by atoms with Crippen LogP contribution >= 0.6 is 0 Å². The van der Waals surface area contributed by atoms with Crippen LogP contribution in [0.4, 0.5) is 0 Å². The molecule has 1 unspecified atom stereocenters. The highest BCUT2D eigenvalue weighted by Gasteiger charge is 2.21. The molecular formula is C15H23NO2S. The van der Waals surface area contributed by atoms with Gasteiger partial charge in [-0.3, -0.25) is 0 Å². The molecular weight excluding hydrogens is 258 g/mol. The summed E-state index contributed by atoms with van der Waals surface area (Å²) < 4.78 is 20.1. The Labute approximate surface area is 116 Å². The molecule has 0 bridgehead atoms. The molecule has 106 valence electrons. The summed E-state index contributed by atoms with van der Waals surface area (Å²) in [5.74, 6) is 3.95. The Morgan fingerprint density at radius 1 is 1.16 bits per heavy atom. The first-order valence-corrected chi connectivity index (χ1v) is 8.31. The number of morpholine rings is 1. The van der Waals surface area contributed by atoms with Crippen LogP contribution in [-0.4, -0.2) is 40.7 Å². The maximum Gasteiger partial charge on any atom is 0.0604 e. The van der Waals surface area contributed by atoms with Gasteiger partial charge in [0.25, 0.3) is 0 Å². The van der Waals surface area contributed by atoms with Crippen LogP contribution < -0.4 is 0 Å². The van der Waals surface area contributed by atoms with Crippen LogP contribution in [0.3, 0.4) is 0 Å². The number of nitrogens with zero attached hydrogens (tertiary/aromatic N) is 1. The first kappa shape index (κ1) is 14.6. The molecule has 3 nitrogen and oxygen atoms in total. The SMILES string of the molecule is C=S(=O)(c1ccc(C(C)(C)C)cc1)N1CCOCC1. The first-order valence-electron chi connectivity index (χ1n) is 6.62. The summed E-state index contributed by atoms with van der Waals surface area (Å²) in [6, 6.07) is 8.01. The van der Waals surface area contributed by atoms with E-state index in [9.17, 15) is 4.21 Å². The van der Waals surface area contributed by atoms with Crippen molar-refractivity contribution in [2.75, 3.05) is 26.3 Å². The number of hydrogen-bond donors (Lipinski definition) is 0. The van der Waals surface area contributed by atoms with Crippen LogP contribution in [0.25, 0.3) is 0 Å². The van der Waals surface area contributed by atoms with E-state index in [-0.39, 0.29) is 5.41 Å². The predicted octanol–water partition coefficient (Wildman–Crippen LogP) is 2.31. The van der Waals surface area contributed by atoms with E-state index in [1.165, 1.54) is 5.56 Å². The molecule has 1 aromatic carbocycles. The fourth-order valence-corrected chi connectivity index (χ4v) is 3.76. The van der Waals surface area contributed by atoms with Gasteiger partial charge in [0.2, 0.25) is 0 Å². The zero-order valence-corrected chi connectivity index (χ0v) is 12.8. The molecule has 2 rings (SSSR count). The summed E-state index contributed by atoms with van der Waals surface area (Å²) >= 11 is 0. The molecule has 0 amide bonds. The summed E-state index contributed by atoms with van der Waals surface area (Å²) in [6.07, 6.45) is 0. The molecule has 0 saturated carbocycles. The summed E-state index contributed by atoms with van der Waals surface area (Å²) in [6.45, 7) is 9.15. The van der Waals surface area contributed by atoms with E-state index in [0.717, 1.165) is 4.90 Å². The smallest absolute Gasteiger partial charge is 0.0604 e. The van der Waals surface area contributed by atoms with Crippen molar-refractivity contribution in [3.05, 3.63) is 29.8 Å². The molecule has 4 heteroatoms. The molecule has 1 fully saturated rings. The lowest BCUT2D eigenvalue weighted by molar-refractivity contribution is 0.0749. The molecule has 1 heterocycles. The Morgan fingerprint density at radius 2 is 1.68 bits per heavy atom. The predicted molar refractivity (Wildman–Crippen MR) is 81.1 cm³/mol. The maximum atomic E-state index is 12.9. The van der Waals surface area contributed by atoms with Crippen LogP contribution in [0.2, 0.25) is 0 Å². The minimum absolute atomic E-state index is 0.111. The zero-order chi connectivity index (χ0) is 14.1. The summed E-state index contributed by atoms with van der Waals surface area (Å²) in [7, 11) is -2.37. The van der Waals surface area contributed by atoms with E-state index in [4.69, 9.17) is 4.74 Å². The molecule has 1 aliphatic heterocycles. The first-order chi connectivity index (χ1) is 8.82. The van der Waals surface area contributed by atoms with Gasteiger partial charge < -0.3 is 4.74 Å². The summed E-state index contributed by atoms with van der Waals surface area (Å²) in [5, 5.41) is 0. The topological polar surface area (TPSA) is 29.5 Å². The van der Waals surface area contributed by atoms with Gasteiger partial charge in [0, 0.05) is 18.0 Å². The molecule has 0 aliphatic carbocycles. The normalized spacial score (nSPS) is 21.0. The van der Waals surface area contributed by atoms with Gasteiger partial charge in [-0.15, -0.1) is 0 Å². The second-order valence-corrected chi connectivity index (χ2v) is 8.22. The highest BCUT2D eigenvalue weighted by atomic mass is 32.2. The molecule has 0 aromatic heterocycles. The molecule has 19 heavy (non-hydrogen) atoms. The number of rotatable bonds is 2. The van der Waals surface area contributed by atoms with E-state index in [2.05, 4.69) is 38.8 Å². The van der Waals surface area contributed by atoms with Gasteiger partial charge in [-0.05, 0) is 29.0 Å². The van der Waals surface area contributed by atoms with Crippen molar-refractivity contribution in [3.63, 3.8) is 0 Å². The molecule has 1 atom stereocenters. The minimum Gasteiger partial charge on any atom is -0.379 e. The average Bonchev–Trinajstić information content (AvgIpc) is 2.39. The number of hydrogen-bond acceptors (Lipinski definition) is 2. The van der Waals surface area contributed by atoms with Crippen LogP contribution in [0.1, 0.15) is 26.3 Å². The Kier molecular flexibility index (Phi) is 4.04. The minimum atomic E-state index is -2.37. The van der Waals surface area contributed by atoms with Gasteiger partial charge in [0.05, 0.1) is 22.9 Å². The lowest BCUT2D eigenvalue weighted by atomic mass is 9.87. The van der Waals surface area contributed by atoms with Gasteiger partial charge in [0.1, 0.15) is 0 Å². The highest BCUT2D eigenvalue weighted by molar-refractivity contribution is 7.98. The Balaban J connectivity index is 2.26. The fourth-order valence-electron chi connectivity index (χ4n) is 2.16. The fraction of sp³-hybridized carbons (Fsp3) is 0.533. The second-order valence-electron chi connectivity index (χ2n) is 5.96. The molecule has 1 saturated heterocycles. The van der Waals surface area contributed by atoms with Gasteiger partial charge in [-0.1, -0.05) is 32.9 Å². The van der Waals surface area contributed by atoms with Crippen molar-refractivity contribution in [1.29, 1.82) is 0 Å². The largest absolute Gasteiger partial charge is 0.379 e. The van der Waals surface area contributed by atoms with Gasteiger partial charge >= 0.3 is 0 Å². The molecule has 0 radical (unpaired) electrons. The van der Waals surface area contributed by atoms with Crippen molar-refractivity contribution in [3.8, 4) is 0 Å². The third-order valence-electron chi connectivity index (χ3n) is 3.48. The average molecular weight is 281 g/mol. The van der Waals surface area contributed by atoms with Gasteiger partial charge in [-0.2, -0.15) is 0 Å². The standard InChI is InChI=1S/C15H23NO2S/c1-15(2,3)13-5-7-14(8-6-13)19(4,17)16-9-11-18-12-10-16/h5-8H,4,9-12H2,1-3H3. The van der Waals surface area contributed by atoms with E-state index >= 15 is 0 Å². The molecule has 0 spiro atoms. The Bertz CT molecular complexity index is 520. The van der Waals surface area contributed by atoms with Crippen molar-refractivity contribution in [2.45, 2.75) is 31.1 Å². The summed E-state index contributed by atoms with van der Waals surface area (Å²) in [5.41, 5.74) is 1.35. The second kappa shape index (κ2) is 5.27. The van der Waals surface area contributed by atoms with Gasteiger partial charge in [0.15, 0.2) is 0 Å². The van der Waals surface area contributed by atoms with E-state index in [0.29, 0.717) is 26.3 Å². The number of ether oxygens (including phenoxy) is 1. The molecule has 1 aliphatic rings. The van der Waals surface area contributed by atoms with Crippen LogP contribution in [0.15, 0.2) is 29.2 Å². The molecule has 0 N–H and O–H groups in total. The Hall–Kier alpha value is -0.840. The summed E-state index contributed by atoms with van der Waals surface area (Å²) in [4.78, 5) is 0.808. The van der Waals surface area contributed by atoms with Crippen molar-refractivity contribution < 1.29 is 8.95 Å². The quantitative estimate of drug-likeness (QED) is 0.779. The van der Waals surface area contributed by atoms with Crippen LogP contribution in [-0.2, 0) is 19.9 Å². The third-order valence-corrected chi connectivity index (χ3v) is 5.68. The lowest BCUT2D eigenvalue weighted by Gasteiger charge is -2.30. The van der Waals surface area contributed by atoms with Crippen molar-refractivity contribution in [2.24, 2.45) is 0 Å². The highest BCUT2D eigenvalue weighted by Crippen LogP contribution is 2.24. The van der Waals surface area contributed by atoms with E-state index in [1.54, 1.807) is 0 Å². The zero-order valence-electron chi connectivity index (χ0n) is 12.0. The van der Waals surface area contributed by atoms with Crippen LogP contribution in [0, 0.1) is 0 Å².